The van der Waals surface area contributed by atoms with Crippen molar-refractivity contribution in [2.45, 2.75) is 65.8 Å². The topological polar surface area (TPSA) is 91.4 Å². The maximum atomic E-state index is 12.8. The van der Waals surface area contributed by atoms with Crippen LogP contribution in [0.3, 0.4) is 0 Å². The summed E-state index contributed by atoms with van der Waals surface area (Å²) in [7, 11) is 0. The van der Waals surface area contributed by atoms with Crippen molar-refractivity contribution in [2.75, 3.05) is 13.2 Å². The highest BCUT2D eigenvalue weighted by Crippen LogP contribution is 2.18. The monoisotopic (exact) mass is 376 g/mol. The van der Waals surface area contributed by atoms with Gasteiger partial charge in [0.05, 0.1) is 36.2 Å². The van der Waals surface area contributed by atoms with E-state index < -0.39 is 0 Å². The number of nitrogens with one attached hydrogen (secondary N) is 1. The third-order valence-corrected chi connectivity index (χ3v) is 4.89. The average Bonchev–Trinajstić information content (AvgIpc) is 3.17. The van der Waals surface area contributed by atoms with Gasteiger partial charge < -0.3 is 19.3 Å². The molecule has 1 saturated heterocycles. The smallest absolute Gasteiger partial charge is 0.255 e. The van der Waals surface area contributed by atoms with E-state index in [1.807, 2.05) is 31.6 Å². The number of ether oxygens (including phenoxy) is 2. The predicted octanol–water partition coefficient (Wildman–Crippen LogP) is 2.31. The fraction of sp³-hybridized carbons (Fsp3) is 0.632. The first-order valence-electron chi connectivity index (χ1n) is 9.45. The average molecular weight is 376 g/mol. The third kappa shape index (κ3) is 4.56. The van der Waals surface area contributed by atoms with E-state index >= 15 is 0 Å². The van der Waals surface area contributed by atoms with E-state index in [-0.39, 0.29) is 18.1 Å². The molecule has 0 aromatic carbocycles. The number of carbonyl (C=O) groups excluding carboxylic acids is 1. The minimum absolute atomic E-state index is 0.111. The summed E-state index contributed by atoms with van der Waals surface area (Å²) < 4.78 is 18.6. The second-order valence-corrected chi connectivity index (χ2v) is 6.99. The molecule has 0 spiro atoms. The minimum atomic E-state index is -0.220. The zero-order valence-electron chi connectivity index (χ0n) is 16.4. The molecule has 3 rings (SSSR count). The quantitative estimate of drug-likeness (QED) is 0.797. The van der Waals surface area contributed by atoms with Crippen LogP contribution in [0.1, 0.15) is 52.8 Å². The SMILES string of the molecule is CCCn1cc(C(=O)N[C@@H]2CCOC[C@H]2OCc2c(C)noc2C)c(C)n1. The van der Waals surface area contributed by atoms with Crippen LogP contribution >= 0.6 is 0 Å². The van der Waals surface area contributed by atoms with Gasteiger partial charge in [-0.15, -0.1) is 0 Å². The minimum Gasteiger partial charge on any atom is -0.379 e. The molecule has 27 heavy (non-hydrogen) atoms. The number of amides is 1. The molecular weight excluding hydrogens is 348 g/mol. The Morgan fingerprint density at radius 2 is 2.19 bits per heavy atom. The summed E-state index contributed by atoms with van der Waals surface area (Å²) in [6.07, 6.45) is 3.27. The Morgan fingerprint density at radius 3 is 2.89 bits per heavy atom. The van der Waals surface area contributed by atoms with Crippen molar-refractivity contribution >= 4 is 5.91 Å². The van der Waals surface area contributed by atoms with E-state index in [1.165, 1.54) is 0 Å². The van der Waals surface area contributed by atoms with Gasteiger partial charge in [0.2, 0.25) is 0 Å². The van der Waals surface area contributed by atoms with Gasteiger partial charge in [-0.25, -0.2) is 0 Å². The molecule has 0 radical (unpaired) electrons. The molecule has 3 heterocycles. The van der Waals surface area contributed by atoms with Gasteiger partial charge >= 0.3 is 0 Å². The van der Waals surface area contributed by atoms with Crippen LogP contribution in [0.25, 0.3) is 0 Å². The zero-order valence-corrected chi connectivity index (χ0v) is 16.4. The van der Waals surface area contributed by atoms with E-state index in [1.54, 1.807) is 0 Å². The molecule has 148 valence electrons. The molecule has 1 fully saturated rings. The highest BCUT2D eigenvalue weighted by Gasteiger charge is 2.29. The van der Waals surface area contributed by atoms with Crippen LogP contribution in [0, 0.1) is 20.8 Å². The molecule has 8 heteroatoms. The van der Waals surface area contributed by atoms with Crippen LogP contribution in [0.5, 0.6) is 0 Å². The molecule has 0 saturated carbocycles. The lowest BCUT2D eigenvalue weighted by molar-refractivity contribution is -0.0739. The first-order chi connectivity index (χ1) is 13.0. The first-order valence-corrected chi connectivity index (χ1v) is 9.45. The molecule has 2 aromatic heterocycles. The Morgan fingerprint density at radius 1 is 1.37 bits per heavy atom. The highest BCUT2D eigenvalue weighted by atomic mass is 16.5. The van der Waals surface area contributed by atoms with Crippen LogP contribution in [0.15, 0.2) is 10.7 Å². The summed E-state index contributed by atoms with van der Waals surface area (Å²) in [5, 5.41) is 11.5. The summed E-state index contributed by atoms with van der Waals surface area (Å²) in [4.78, 5) is 12.8. The van der Waals surface area contributed by atoms with Gasteiger partial charge in [-0.3, -0.25) is 9.48 Å². The molecule has 0 bridgehead atoms. The Labute approximate surface area is 159 Å². The number of hydrogen-bond acceptors (Lipinski definition) is 6. The molecule has 1 amide bonds. The maximum absolute atomic E-state index is 12.8. The third-order valence-electron chi connectivity index (χ3n) is 4.89. The Hall–Kier alpha value is -2.19. The number of carbonyl (C=O) groups is 1. The summed E-state index contributed by atoms with van der Waals surface area (Å²) in [5.41, 5.74) is 3.12. The van der Waals surface area contributed by atoms with Crippen LogP contribution < -0.4 is 5.32 Å². The standard InChI is InChI=1S/C19H28N4O4/c1-5-7-23-9-15(12(2)21-23)19(24)20-17-6-8-25-11-18(17)26-10-16-13(3)22-27-14(16)4/h9,17-18H,5-8,10-11H2,1-4H3,(H,20,24)/t17-,18-/m1/s1. The number of rotatable bonds is 7. The second kappa shape index (κ2) is 8.67. The first kappa shape index (κ1) is 19.6. The van der Waals surface area contributed by atoms with Crippen LogP contribution in [0.4, 0.5) is 0 Å². The van der Waals surface area contributed by atoms with E-state index in [0.717, 1.165) is 35.7 Å². The van der Waals surface area contributed by atoms with Crippen molar-refractivity contribution in [3.05, 3.63) is 34.5 Å². The van der Waals surface area contributed by atoms with Crippen molar-refractivity contribution in [3.63, 3.8) is 0 Å². The van der Waals surface area contributed by atoms with Crippen molar-refractivity contribution in [2.24, 2.45) is 0 Å². The maximum Gasteiger partial charge on any atom is 0.255 e. The van der Waals surface area contributed by atoms with Crippen molar-refractivity contribution in [1.29, 1.82) is 0 Å². The van der Waals surface area contributed by atoms with E-state index in [4.69, 9.17) is 14.0 Å². The lowest BCUT2D eigenvalue weighted by atomic mass is 10.1. The van der Waals surface area contributed by atoms with Gasteiger partial charge in [-0.2, -0.15) is 5.10 Å². The van der Waals surface area contributed by atoms with Gasteiger partial charge in [0.15, 0.2) is 0 Å². The molecule has 0 aliphatic carbocycles. The number of aryl methyl sites for hydroxylation is 4. The van der Waals surface area contributed by atoms with E-state index in [0.29, 0.717) is 31.8 Å². The summed E-state index contributed by atoms with van der Waals surface area (Å²) in [6.45, 7) is 9.93. The molecule has 1 aliphatic heterocycles. The molecule has 2 atom stereocenters. The van der Waals surface area contributed by atoms with Gasteiger partial charge in [-0.05, 0) is 33.6 Å². The van der Waals surface area contributed by atoms with Gasteiger partial charge in [0, 0.05) is 24.9 Å². The van der Waals surface area contributed by atoms with Crippen molar-refractivity contribution < 1.29 is 18.8 Å². The van der Waals surface area contributed by atoms with Gasteiger partial charge in [0.25, 0.3) is 5.91 Å². The van der Waals surface area contributed by atoms with Gasteiger partial charge in [-0.1, -0.05) is 12.1 Å². The Bertz CT molecular complexity index is 763. The highest BCUT2D eigenvalue weighted by molar-refractivity contribution is 5.95. The number of hydrogen-bond donors (Lipinski definition) is 1. The molecule has 1 aliphatic rings. The number of nitrogens with zero attached hydrogens (tertiary/aromatic N) is 3. The Balaban J connectivity index is 1.64. The van der Waals surface area contributed by atoms with Crippen LogP contribution in [0.2, 0.25) is 0 Å². The molecule has 0 unspecified atom stereocenters. The lowest BCUT2D eigenvalue weighted by Gasteiger charge is -2.32. The van der Waals surface area contributed by atoms with Crippen LogP contribution in [-0.4, -0.2) is 46.2 Å². The largest absolute Gasteiger partial charge is 0.379 e. The van der Waals surface area contributed by atoms with Gasteiger partial charge in [0.1, 0.15) is 11.9 Å². The predicted molar refractivity (Wildman–Crippen MR) is 98.5 cm³/mol. The summed E-state index contributed by atoms with van der Waals surface area (Å²) in [5.74, 6) is 0.636. The Kier molecular flexibility index (Phi) is 6.28. The lowest BCUT2D eigenvalue weighted by Crippen LogP contribution is -2.50. The summed E-state index contributed by atoms with van der Waals surface area (Å²) >= 11 is 0. The fourth-order valence-electron chi connectivity index (χ4n) is 3.27. The van der Waals surface area contributed by atoms with Crippen molar-refractivity contribution in [3.8, 4) is 0 Å². The van der Waals surface area contributed by atoms with Crippen LogP contribution in [-0.2, 0) is 22.6 Å². The second-order valence-electron chi connectivity index (χ2n) is 6.99. The zero-order chi connectivity index (χ0) is 19.4. The molecule has 1 N–H and O–H groups in total. The molecule has 2 aromatic rings. The molecular formula is C19H28N4O4. The summed E-state index contributed by atoms with van der Waals surface area (Å²) in [6, 6.07) is -0.111. The van der Waals surface area contributed by atoms with Crippen molar-refractivity contribution in [1.82, 2.24) is 20.3 Å². The molecule has 8 nitrogen and oxygen atoms in total. The van der Waals surface area contributed by atoms with E-state index in [2.05, 4.69) is 22.5 Å². The number of aromatic nitrogens is 3. The fourth-order valence-corrected chi connectivity index (χ4v) is 3.27. The van der Waals surface area contributed by atoms with E-state index in [9.17, 15) is 4.79 Å². The normalized spacial score (nSPS) is 20.0.